The van der Waals surface area contributed by atoms with E-state index in [0.717, 1.165) is 29.9 Å². The van der Waals surface area contributed by atoms with E-state index in [1.54, 1.807) is 7.11 Å². The Morgan fingerprint density at radius 1 is 1.21 bits per heavy atom. The minimum absolute atomic E-state index is 0.0956. The van der Waals surface area contributed by atoms with E-state index < -0.39 is 0 Å². The Labute approximate surface area is 115 Å². The van der Waals surface area contributed by atoms with E-state index in [0.29, 0.717) is 19.8 Å². The Kier molecular flexibility index (Phi) is 7.30. The Bertz CT molecular complexity index is 366. The first-order chi connectivity index (χ1) is 9.19. The Balaban J connectivity index is 2.80. The third-order valence-electron chi connectivity index (χ3n) is 2.64. The van der Waals surface area contributed by atoms with Gasteiger partial charge in [-0.15, -0.1) is 0 Å². The van der Waals surface area contributed by atoms with Gasteiger partial charge < -0.3 is 19.9 Å². The van der Waals surface area contributed by atoms with Crippen LogP contribution in [0.5, 0.6) is 11.5 Å². The fourth-order valence-corrected chi connectivity index (χ4v) is 1.88. The molecule has 1 rings (SSSR count). The molecular formula is C15H25NO3. The SMILES string of the molecule is CCOc1cccc(CC(C)N)c1OCCCOC. The first kappa shape index (κ1) is 15.8. The van der Waals surface area contributed by atoms with Crippen LogP contribution in [0.3, 0.4) is 0 Å². The largest absolute Gasteiger partial charge is 0.490 e. The lowest BCUT2D eigenvalue weighted by atomic mass is 10.1. The van der Waals surface area contributed by atoms with Crippen molar-refractivity contribution >= 4 is 0 Å². The van der Waals surface area contributed by atoms with Crippen molar-refractivity contribution in [2.24, 2.45) is 5.73 Å². The maximum absolute atomic E-state index is 5.88. The minimum atomic E-state index is 0.0956. The molecule has 1 atom stereocenters. The molecule has 0 fully saturated rings. The normalized spacial score (nSPS) is 12.2. The van der Waals surface area contributed by atoms with E-state index in [9.17, 15) is 0 Å². The molecule has 1 aromatic rings. The predicted molar refractivity (Wildman–Crippen MR) is 77.0 cm³/mol. The molecule has 0 spiro atoms. The Morgan fingerprint density at radius 3 is 2.63 bits per heavy atom. The quantitative estimate of drug-likeness (QED) is 0.698. The molecule has 0 aromatic heterocycles. The van der Waals surface area contributed by atoms with E-state index in [1.165, 1.54) is 0 Å². The maximum atomic E-state index is 5.88. The average Bonchev–Trinajstić information content (AvgIpc) is 2.37. The van der Waals surface area contributed by atoms with E-state index in [4.69, 9.17) is 19.9 Å². The first-order valence-electron chi connectivity index (χ1n) is 6.81. The van der Waals surface area contributed by atoms with Crippen LogP contribution in [0.15, 0.2) is 18.2 Å². The number of ether oxygens (including phenoxy) is 3. The highest BCUT2D eigenvalue weighted by Gasteiger charge is 2.12. The number of methoxy groups -OCH3 is 1. The highest BCUT2D eigenvalue weighted by Crippen LogP contribution is 2.32. The molecule has 0 heterocycles. The van der Waals surface area contributed by atoms with Gasteiger partial charge in [-0.05, 0) is 31.9 Å². The molecule has 0 amide bonds. The fourth-order valence-electron chi connectivity index (χ4n) is 1.88. The van der Waals surface area contributed by atoms with Gasteiger partial charge in [-0.25, -0.2) is 0 Å². The highest BCUT2D eigenvalue weighted by molar-refractivity contribution is 5.47. The van der Waals surface area contributed by atoms with Crippen molar-refractivity contribution in [2.45, 2.75) is 32.7 Å². The van der Waals surface area contributed by atoms with Gasteiger partial charge >= 0.3 is 0 Å². The molecule has 4 nitrogen and oxygen atoms in total. The van der Waals surface area contributed by atoms with E-state index in [1.807, 2.05) is 32.0 Å². The average molecular weight is 267 g/mol. The molecule has 0 aliphatic heterocycles. The summed E-state index contributed by atoms with van der Waals surface area (Å²) in [5.74, 6) is 1.61. The first-order valence-corrected chi connectivity index (χ1v) is 6.81. The molecule has 0 aliphatic carbocycles. The summed E-state index contributed by atoms with van der Waals surface area (Å²) in [6.07, 6.45) is 1.63. The van der Waals surface area contributed by atoms with Crippen molar-refractivity contribution in [3.8, 4) is 11.5 Å². The monoisotopic (exact) mass is 267 g/mol. The van der Waals surface area contributed by atoms with Crippen molar-refractivity contribution < 1.29 is 14.2 Å². The van der Waals surface area contributed by atoms with Gasteiger partial charge in [-0.1, -0.05) is 12.1 Å². The van der Waals surface area contributed by atoms with Crippen molar-refractivity contribution in [3.63, 3.8) is 0 Å². The van der Waals surface area contributed by atoms with Gasteiger partial charge in [0.1, 0.15) is 0 Å². The summed E-state index contributed by atoms with van der Waals surface area (Å²) in [7, 11) is 1.69. The van der Waals surface area contributed by atoms with Crippen LogP contribution in [0.2, 0.25) is 0 Å². The molecule has 0 bridgehead atoms. The Hall–Kier alpha value is -1.26. The second-order valence-corrected chi connectivity index (χ2v) is 4.55. The summed E-state index contributed by atoms with van der Waals surface area (Å²) < 4.78 is 16.5. The molecule has 0 radical (unpaired) electrons. The van der Waals surface area contributed by atoms with Crippen LogP contribution in [0.1, 0.15) is 25.8 Å². The molecule has 1 aromatic carbocycles. The van der Waals surface area contributed by atoms with E-state index >= 15 is 0 Å². The van der Waals surface area contributed by atoms with Crippen molar-refractivity contribution in [2.75, 3.05) is 26.9 Å². The van der Waals surface area contributed by atoms with Gasteiger partial charge in [0.15, 0.2) is 11.5 Å². The second kappa shape index (κ2) is 8.77. The molecule has 1 unspecified atom stereocenters. The number of nitrogens with two attached hydrogens (primary N) is 1. The fraction of sp³-hybridized carbons (Fsp3) is 0.600. The summed E-state index contributed by atoms with van der Waals surface area (Å²) in [6.45, 7) is 5.88. The zero-order valence-electron chi connectivity index (χ0n) is 12.1. The third-order valence-corrected chi connectivity index (χ3v) is 2.64. The standard InChI is InChI=1S/C15H25NO3/c1-4-18-14-8-5-7-13(11-12(2)16)15(14)19-10-6-9-17-3/h5,7-8,12H,4,6,9-11,16H2,1-3H3. The van der Waals surface area contributed by atoms with E-state index in [2.05, 4.69) is 0 Å². The van der Waals surface area contributed by atoms with Crippen molar-refractivity contribution in [1.29, 1.82) is 0 Å². The van der Waals surface area contributed by atoms with Crippen molar-refractivity contribution in [3.05, 3.63) is 23.8 Å². The number of para-hydroxylation sites is 1. The molecule has 19 heavy (non-hydrogen) atoms. The minimum Gasteiger partial charge on any atom is -0.490 e. The predicted octanol–water partition coefficient (Wildman–Crippen LogP) is 2.39. The zero-order chi connectivity index (χ0) is 14.1. The summed E-state index contributed by atoms with van der Waals surface area (Å²) in [5.41, 5.74) is 6.97. The van der Waals surface area contributed by atoms with Crippen LogP contribution in [0.25, 0.3) is 0 Å². The molecule has 0 saturated heterocycles. The van der Waals surface area contributed by atoms with Gasteiger partial charge in [0.2, 0.25) is 0 Å². The molecule has 0 aliphatic rings. The molecule has 4 heteroatoms. The smallest absolute Gasteiger partial charge is 0.164 e. The Morgan fingerprint density at radius 2 is 2.00 bits per heavy atom. The van der Waals surface area contributed by atoms with Gasteiger partial charge in [-0.3, -0.25) is 0 Å². The molecular weight excluding hydrogens is 242 g/mol. The van der Waals surface area contributed by atoms with Gasteiger partial charge in [0.05, 0.1) is 13.2 Å². The summed E-state index contributed by atoms with van der Waals surface area (Å²) >= 11 is 0. The van der Waals surface area contributed by atoms with E-state index in [-0.39, 0.29) is 6.04 Å². The maximum Gasteiger partial charge on any atom is 0.164 e. The van der Waals surface area contributed by atoms with Crippen molar-refractivity contribution in [1.82, 2.24) is 0 Å². The highest BCUT2D eigenvalue weighted by atomic mass is 16.5. The lowest BCUT2D eigenvalue weighted by molar-refractivity contribution is 0.169. The molecule has 108 valence electrons. The topological polar surface area (TPSA) is 53.7 Å². The molecule has 0 saturated carbocycles. The number of benzene rings is 1. The van der Waals surface area contributed by atoms with Crippen LogP contribution in [-0.4, -0.2) is 33.0 Å². The van der Waals surface area contributed by atoms with Gasteiger partial charge in [0.25, 0.3) is 0 Å². The van der Waals surface area contributed by atoms with Gasteiger partial charge in [-0.2, -0.15) is 0 Å². The third kappa shape index (κ3) is 5.49. The number of hydrogen-bond donors (Lipinski definition) is 1. The zero-order valence-corrected chi connectivity index (χ0v) is 12.1. The second-order valence-electron chi connectivity index (χ2n) is 4.55. The van der Waals surface area contributed by atoms with Gasteiger partial charge in [0, 0.05) is 26.2 Å². The van der Waals surface area contributed by atoms with Crippen LogP contribution in [0, 0.1) is 0 Å². The lowest BCUT2D eigenvalue weighted by Crippen LogP contribution is -2.18. The lowest BCUT2D eigenvalue weighted by Gasteiger charge is -2.17. The molecule has 2 N–H and O–H groups in total. The summed E-state index contributed by atoms with van der Waals surface area (Å²) in [6, 6.07) is 6.04. The summed E-state index contributed by atoms with van der Waals surface area (Å²) in [4.78, 5) is 0. The summed E-state index contributed by atoms with van der Waals surface area (Å²) in [5, 5.41) is 0. The van der Waals surface area contributed by atoms with Crippen LogP contribution >= 0.6 is 0 Å². The van der Waals surface area contributed by atoms with Crippen LogP contribution in [0.4, 0.5) is 0 Å². The van der Waals surface area contributed by atoms with Crippen LogP contribution < -0.4 is 15.2 Å². The number of rotatable bonds is 9. The van der Waals surface area contributed by atoms with Crippen LogP contribution in [-0.2, 0) is 11.2 Å². The number of hydrogen-bond acceptors (Lipinski definition) is 4.